The minimum atomic E-state index is -6.00. The standard InChI is InChI=1S/C8H8N2.BF4/c1-2-6-9(5-1)10-7-3-4-8-10;2-1(3,4)5/h1-8H;/q;-1. The van der Waals surface area contributed by atoms with Gasteiger partial charge in [0.1, 0.15) is 0 Å². The first-order chi connectivity index (χ1) is 6.97. The molecule has 2 rings (SSSR count). The molecule has 0 radical (unpaired) electrons. The lowest BCUT2D eigenvalue weighted by Crippen LogP contribution is -2.02. The molecule has 15 heavy (non-hydrogen) atoms. The van der Waals surface area contributed by atoms with Gasteiger partial charge in [-0.2, -0.15) is 0 Å². The van der Waals surface area contributed by atoms with Gasteiger partial charge in [-0.05, 0) is 24.3 Å². The molecule has 0 aliphatic heterocycles. The summed E-state index contributed by atoms with van der Waals surface area (Å²) in [6.07, 6.45) is 8.00. The van der Waals surface area contributed by atoms with Crippen LogP contribution >= 0.6 is 0 Å². The van der Waals surface area contributed by atoms with E-state index in [1.807, 2.05) is 58.4 Å². The predicted molar refractivity (Wildman–Crippen MR) is 49.8 cm³/mol. The van der Waals surface area contributed by atoms with Crippen molar-refractivity contribution < 1.29 is 17.3 Å². The molecular formula is C8H8BF4N2-. The van der Waals surface area contributed by atoms with Crippen molar-refractivity contribution in [2.75, 3.05) is 0 Å². The van der Waals surface area contributed by atoms with Crippen molar-refractivity contribution >= 4 is 7.25 Å². The molecule has 0 fully saturated rings. The third-order valence-electron chi connectivity index (χ3n) is 1.44. The van der Waals surface area contributed by atoms with E-state index in [1.165, 1.54) is 0 Å². The molecule has 2 aromatic heterocycles. The first kappa shape index (κ1) is 11.4. The van der Waals surface area contributed by atoms with Gasteiger partial charge in [-0.15, -0.1) is 0 Å². The molecule has 0 saturated heterocycles. The summed E-state index contributed by atoms with van der Waals surface area (Å²) in [5.74, 6) is 0. The first-order valence-corrected chi connectivity index (χ1v) is 4.11. The fourth-order valence-corrected chi connectivity index (χ4v) is 0.959. The normalized spacial score (nSPS) is 10.7. The van der Waals surface area contributed by atoms with Crippen molar-refractivity contribution in [1.82, 2.24) is 9.35 Å². The van der Waals surface area contributed by atoms with Gasteiger partial charge in [-0.1, -0.05) is 0 Å². The van der Waals surface area contributed by atoms with Gasteiger partial charge >= 0.3 is 7.25 Å². The summed E-state index contributed by atoms with van der Waals surface area (Å²) in [7, 11) is -6.00. The Bertz CT molecular complexity index is 328. The minimum absolute atomic E-state index is 2.00. The lowest BCUT2D eigenvalue weighted by Gasteiger charge is -2.01. The third kappa shape index (κ3) is 4.95. The Hall–Kier alpha value is -1.66. The molecule has 0 amide bonds. The van der Waals surface area contributed by atoms with E-state index in [0.717, 1.165) is 0 Å². The average Bonchev–Trinajstić information content (AvgIpc) is 2.73. The van der Waals surface area contributed by atoms with Crippen molar-refractivity contribution in [3.05, 3.63) is 49.1 Å². The summed E-state index contributed by atoms with van der Waals surface area (Å²) < 4.78 is 43.0. The molecule has 2 heterocycles. The van der Waals surface area contributed by atoms with Crippen LogP contribution in [0.25, 0.3) is 0 Å². The zero-order valence-electron chi connectivity index (χ0n) is 7.60. The fraction of sp³-hybridized carbons (Fsp3) is 0. The summed E-state index contributed by atoms with van der Waals surface area (Å²) in [5, 5.41) is 0. The minimum Gasteiger partial charge on any atom is -0.418 e. The molecular weight excluding hydrogens is 211 g/mol. The molecule has 2 nitrogen and oxygen atoms in total. The molecule has 0 bridgehead atoms. The average molecular weight is 219 g/mol. The van der Waals surface area contributed by atoms with Crippen LogP contribution in [-0.2, 0) is 0 Å². The largest absolute Gasteiger partial charge is 0.673 e. The maximum Gasteiger partial charge on any atom is 0.673 e. The number of hydrogen-bond donors (Lipinski definition) is 0. The molecule has 0 atom stereocenters. The first-order valence-electron chi connectivity index (χ1n) is 4.11. The molecule has 0 N–H and O–H groups in total. The summed E-state index contributed by atoms with van der Waals surface area (Å²) in [6, 6.07) is 8.00. The number of nitrogens with zero attached hydrogens (tertiary/aromatic N) is 2. The van der Waals surface area contributed by atoms with E-state index in [2.05, 4.69) is 0 Å². The Labute approximate surface area is 83.8 Å². The topological polar surface area (TPSA) is 9.86 Å². The van der Waals surface area contributed by atoms with Gasteiger partial charge < -0.3 is 17.3 Å². The Balaban J connectivity index is 0.000000195. The van der Waals surface area contributed by atoms with Crippen LogP contribution in [-0.4, -0.2) is 16.6 Å². The van der Waals surface area contributed by atoms with Gasteiger partial charge in [-0.25, -0.2) is 0 Å². The summed E-state index contributed by atoms with van der Waals surface area (Å²) >= 11 is 0. The Kier molecular flexibility index (Phi) is 3.59. The van der Waals surface area contributed by atoms with E-state index in [0.29, 0.717) is 0 Å². The van der Waals surface area contributed by atoms with Crippen LogP contribution in [0.2, 0.25) is 0 Å². The second-order valence-electron chi connectivity index (χ2n) is 2.62. The molecule has 0 saturated carbocycles. The summed E-state index contributed by atoms with van der Waals surface area (Å²) in [5.41, 5.74) is 0. The molecule has 0 unspecified atom stereocenters. The zero-order chi connectivity index (χ0) is 11.3. The molecule has 7 heteroatoms. The van der Waals surface area contributed by atoms with Gasteiger partial charge in [0.25, 0.3) is 0 Å². The maximum atomic E-state index is 9.75. The molecule has 2 aromatic rings. The Morgan fingerprint density at radius 1 is 0.600 bits per heavy atom. The number of hydrogen-bond acceptors (Lipinski definition) is 0. The smallest absolute Gasteiger partial charge is 0.418 e. The van der Waals surface area contributed by atoms with Crippen LogP contribution in [0, 0.1) is 0 Å². The number of halogens is 4. The number of aromatic nitrogens is 2. The molecule has 0 spiro atoms. The second-order valence-corrected chi connectivity index (χ2v) is 2.62. The fourth-order valence-electron chi connectivity index (χ4n) is 0.959. The maximum absolute atomic E-state index is 9.75. The van der Waals surface area contributed by atoms with Crippen LogP contribution in [0.1, 0.15) is 0 Å². The third-order valence-corrected chi connectivity index (χ3v) is 1.44. The second kappa shape index (κ2) is 4.72. The monoisotopic (exact) mass is 219 g/mol. The van der Waals surface area contributed by atoms with E-state index >= 15 is 0 Å². The van der Waals surface area contributed by atoms with E-state index in [1.54, 1.807) is 0 Å². The van der Waals surface area contributed by atoms with Crippen LogP contribution in [0.3, 0.4) is 0 Å². The Morgan fingerprint density at radius 3 is 1.00 bits per heavy atom. The molecule has 0 aliphatic rings. The highest BCUT2D eigenvalue weighted by atomic mass is 19.5. The lowest BCUT2D eigenvalue weighted by molar-refractivity contribution is 0.368. The van der Waals surface area contributed by atoms with Crippen LogP contribution < -0.4 is 0 Å². The highest BCUT2D eigenvalue weighted by Crippen LogP contribution is 2.06. The molecule has 0 aromatic carbocycles. The van der Waals surface area contributed by atoms with Crippen molar-refractivity contribution in [3.8, 4) is 0 Å². The van der Waals surface area contributed by atoms with Crippen molar-refractivity contribution in [1.29, 1.82) is 0 Å². The van der Waals surface area contributed by atoms with Crippen LogP contribution in [0.5, 0.6) is 0 Å². The van der Waals surface area contributed by atoms with Gasteiger partial charge in [0, 0.05) is 24.8 Å². The van der Waals surface area contributed by atoms with Crippen LogP contribution in [0.4, 0.5) is 17.3 Å². The van der Waals surface area contributed by atoms with Gasteiger partial charge in [0.2, 0.25) is 0 Å². The van der Waals surface area contributed by atoms with E-state index in [-0.39, 0.29) is 0 Å². The SMILES string of the molecule is F[B-](F)(F)F.c1ccn(-n2cccc2)c1. The lowest BCUT2D eigenvalue weighted by atomic mass is 10.3. The quantitative estimate of drug-likeness (QED) is 0.515. The summed E-state index contributed by atoms with van der Waals surface area (Å²) in [4.78, 5) is 0. The van der Waals surface area contributed by atoms with Gasteiger partial charge in [0.15, 0.2) is 0 Å². The Morgan fingerprint density at radius 2 is 0.800 bits per heavy atom. The summed E-state index contributed by atoms with van der Waals surface area (Å²) in [6.45, 7) is 0. The van der Waals surface area contributed by atoms with E-state index < -0.39 is 7.25 Å². The van der Waals surface area contributed by atoms with Crippen molar-refractivity contribution in [2.24, 2.45) is 0 Å². The van der Waals surface area contributed by atoms with Crippen molar-refractivity contribution in [2.45, 2.75) is 0 Å². The van der Waals surface area contributed by atoms with Gasteiger partial charge in [-0.3, -0.25) is 9.35 Å². The number of rotatable bonds is 1. The van der Waals surface area contributed by atoms with Crippen molar-refractivity contribution in [3.63, 3.8) is 0 Å². The van der Waals surface area contributed by atoms with E-state index in [4.69, 9.17) is 0 Å². The molecule has 0 aliphatic carbocycles. The van der Waals surface area contributed by atoms with Crippen LogP contribution in [0.15, 0.2) is 49.1 Å². The van der Waals surface area contributed by atoms with Gasteiger partial charge in [0.05, 0.1) is 0 Å². The molecule has 82 valence electrons. The van der Waals surface area contributed by atoms with E-state index in [9.17, 15) is 17.3 Å². The highest BCUT2D eigenvalue weighted by Gasteiger charge is 2.20. The predicted octanol–water partition coefficient (Wildman–Crippen LogP) is 2.90. The highest BCUT2D eigenvalue weighted by molar-refractivity contribution is 6.50. The zero-order valence-corrected chi connectivity index (χ0v) is 7.60.